The lowest BCUT2D eigenvalue weighted by atomic mass is 10.1. The van der Waals surface area contributed by atoms with Crippen LogP contribution in [0.4, 0.5) is 0 Å². The van der Waals surface area contributed by atoms with Crippen LogP contribution in [0.15, 0.2) is 0 Å². The quantitative estimate of drug-likeness (QED) is 0.812. The summed E-state index contributed by atoms with van der Waals surface area (Å²) in [7, 11) is 0. The number of likely N-dealkylation sites (tertiary alicyclic amines) is 1. The largest absolute Gasteiger partial charge is 0.352 e. The van der Waals surface area contributed by atoms with Gasteiger partial charge in [0.25, 0.3) is 0 Å². The predicted octanol–water partition coefficient (Wildman–Crippen LogP) is 1.70. The van der Waals surface area contributed by atoms with Gasteiger partial charge in [0.05, 0.1) is 0 Å². The molecule has 1 saturated carbocycles. The number of carbonyl (C=O) groups excluding carboxylic acids is 1. The van der Waals surface area contributed by atoms with Crippen LogP contribution < -0.4 is 11.1 Å². The standard InChI is InChI=1S/C13H25N3O.2ClH/c1-9(14)3-6-13(17)15-11-7-10(2)16(8-11)12-4-5-12;;/h9-12H,3-8,14H2,1-2H3,(H,15,17);2*1H. The second kappa shape index (κ2) is 8.30. The van der Waals surface area contributed by atoms with Crippen molar-refractivity contribution in [2.45, 2.75) is 70.1 Å². The lowest BCUT2D eigenvalue weighted by Gasteiger charge is -2.19. The van der Waals surface area contributed by atoms with Crippen LogP contribution in [0.25, 0.3) is 0 Å². The number of nitrogens with two attached hydrogens (primary N) is 1. The van der Waals surface area contributed by atoms with Gasteiger partial charge in [0.1, 0.15) is 0 Å². The molecule has 2 fully saturated rings. The van der Waals surface area contributed by atoms with Crippen molar-refractivity contribution in [2.24, 2.45) is 5.73 Å². The van der Waals surface area contributed by atoms with E-state index in [0.29, 0.717) is 18.5 Å². The number of nitrogens with zero attached hydrogens (tertiary/aromatic N) is 1. The van der Waals surface area contributed by atoms with Gasteiger partial charge in [-0.1, -0.05) is 0 Å². The molecule has 0 aromatic heterocycles. The molecule has 114 valence electrons. The normalized spacial score (nSPS) is 28.2. The zero-order valence-corrected chi connectivity index (χ0v) is 13.4. The molecule has 1 aliphatic carbocycles. The second-order valence-corrected chi connectivity index (χ2v) is 5.79. The maximum Gasteiger partial charge on any atom is 0.220 e. The van der Waals surface area contributed by atoms with Crippen LogP contribution in [-0.4, -0.2) is 41.5 Å². The molecule has 3 atom stereocenters. The highest BCUT2D eigenvalue weighted by molar-refractivity contribution is 5.85. The van der Waals surface area contributed by atoms with Crippen molar-refractivity contribution in [3.8, 4) is 0 Å². The number of halogens is 2. The van der Waals surface area contributed by atoms with Gasteiger partial charge >= 0.3 is 0 Å². The summed E-state index contributed by atoms with van der Waals surface area (Å²) in [6.45, 7) is 5.25. The fraction of sp³-hybridized carbons (Fsp3) is 0.923. The van der Waals surface area contributed by atoms with Crippen LogP contribution in [0.1, 0.15) is 46.0 Å². The minimum Gasteiger partial charge on any atom is -0.352 e. The average Bonchev–Trinajstić information content (AvgIpc) is 3.01. The zero-order chi connectivity index (χ0) is 12.4. The predicted molar refractivity (Wildman–Crippen MR) is 83.1 cm³/mol. The van der Waals surface area contributed by atoms with Gasteiger partial charge in [-0.15, -0.1) is 24.8 Å². The smallest absolute Gasteiger partial charge is 0.220 e. The highest BCUT2D eigenvalue weighted by Gasteiger charge is 2.38. The Hall–Kier alpha value is -0.0300. The molecule has 2 rings (SSSR count). The highest BCUT2D eigenvalue weighted by Crippen LogP contribution is 2.33. The molecular formula is C13H27Cl2N3O. The molecule has 1 aliphatic heterocycles. The third-order valence-electron chi connectivity index (χ3n) is 3.83. The molecule has 0 aromatic rings. The molecule has 4 nitrogen and oxygen atoms in total. The van der Waals surface area contributed by atoms with Crippen molar-refractivity contribution >= 4 is 30.7 Å². The number of hydrogen-bond acceptors (Lipinski definition) is 3. The third-order valence-corrected chi connectivity index (χ3v) is 3.83. The summed E-state index contributed by atoms with van der Waals surface area (Å²) < 4.78 is 0. The molecule has 0 spiro atoms. The van der Waals surface area contributed by atoms with E-state index < -0.39 is 0 Å². The Kier molecular flexibility index (Phi) is 8.29. The van der Waals surface area contributed by atoms with Gasteiger partial charge < -0.3 is 11.1 Å². The van der Waals surface area contributed by atoms with Crippen molar-refractivity contribution in [1.82, 2.24) is 10.2 Å². The molecule has 0 aromatic carbocycles. The molecule has 1 saturated heterocycles. The number of hydrogen-bond donors (Lipinski definition) is 2. The van der Waals surface area contributed by atoms with Gasteiger partial charge in [0, 0.05) is 37.1 Å². The number of rotatable bonds is 5. The van der Waals surface area contributed by atoms with Crippen LogP contribution in [0.2, 0.25) is 0 Å². The van der Waals surface area contributed by atoms with Gasteiger partial charge in [-0.25, -0.2) is 0 Å². The van der Waals surface area contributed by atoms with Crippen molar-refractivity contribution in [2.75, 3.05) is 6.54 Å². The van der Waals surface area contributed by atoms with E-state index in [4.69, 9.17) is 5.73 Å². The topological polar surface area (TPSA) is 58.4 Å². The summed E-state index contributed by atoms with van der Waals surface area (Å²) in [6, 6.07) is 1.90. The van der Waals surface area contributed by atoms with Crippen molar-refractivity contribution in [3.05, 3.63) is 0 Å². The average molecular weight is 312 g/mol. The monoisotopic (exact) mass is 311 g/mol. The van der Waals surface area contributed by atoms with Gasteiger partial charge in [-0.05, 0) is 39.5 Å². The van der Waals surface area contributed by atoms with Gasteiger partial charge in [0.2, 0.25) is 5.91 Å². The van der Waals surface area contributed by atoms with E-state index in [-0.39, 0.29) is 36.8 Å². The summed E-state index contributed by atoms with van der Waals surface area (Å²) in [4.78, 5) is 14.3. The minimum atomic E-state index is 0. The first-order valence-electron chi connectivity index (χ1n) is 6.87. The van der Waals surface area contributed by atoms with Crippen LogP contribution in [0.5, 0.6) is 0 Å². The van der Waals surface area contributed by atoms with E-state index >= 15 is 0 Å². The van der Waals surface area contributed by atoms with Gasteiger partial charge in [-0.2, -0.15) is 0 Å². The first kappa shape index (κ1) is 19.0. The molecule has 3 N–H and O–H groups in total. The summed E-state index contributed by atoms with van der Waals surface area (Å²) in [5.74, 6) is 0.164. The van der Waals surface area contributed by atoms with E-state index in [1.807, 2.05) is 6.92 Å². The fourth-order valence-electron chi connectivity index (χ4n) is 2.73. The molecule has 1 amide bonds. The lowest BCUT2D eigenvalue weighted by molar-refractivity contribution is -0.121. The number of carbonyl (C=O) groups is 1. The van der Waals surface area contributed by atoms with Crippen molar-refractivity contribution < 1.29 is 4.79 Å². The van der Waals surface area contributed by atoms with E-state index in [1.165, 1.54) is 12.8 Å². The van der Waals surface area contributed by atoms with E-state index in [2.05, 4.69) is 17.1 Å². The first-order chi connectivity index (χ1) is 8.06. The SMILES string of the molecule is CC(N)CCC(=O)NC1CC(C)N(C2CC2)C1.Cl.Cl. The van der Waals surface area contributed by atoms with Gasteiger partial charge in [-0.3, -0.25) is 9.69 Å². The Labute approximate surface area is 128 Å². The first-order valence-corrected chi connectivity index (χ1v) is 6.87. The van der Waals surface area contributed by atoms with Crippen LogP contribution in [0, 0.1) is 0 Å². The van der Waals surface area contributed by atoms with E-state index in [9.17, 15) is 4.79 Å². The molecule has 6 heteroatoms. The molecule has 19 heavy (non-hydrogen) atoms. The summed E-state index contributed by atoms with van der Waals surface area (Å²) in [6.07, 6.45) is 5.12. The second-order valence-electron chi connectivity index (χ2n) is 5.79. The molecule has 2 aliphatic rings. The maximum absolute atomic E-state index is 11.7. The molecular weight excluding hydrogens is 285 g/mol. The molecule has 0 bridgehead atoms. The number of amides is 1. The van der Waals surface area contributed by atoms with E-state index in [1.54, 1.807) is 0 Å². The summed E-state index contributed by atoms with van der Waals surface area (Å²) in [5, 5.41) is 3.14. The van der Waals surface area contributed by atoms with Crippen LogP contribution in [0.3, 0.4) is 0 Å². The summed E-state index contributed by atoms with van der Waals surface area (Å²) in [5.41, 5.74) is 5.65. The summed E-state index contributed by atoms with van der Waals surface area (Å²) >= 11 is 0. The fourth-order valence-corrected chi connectivity index (χ4v) is 2.73. The van der Waals surface area contributed by atoms with Crippen LogP contribution >= 0.6 is 24.8 Å². The Morgan fingerprint density at radius 2 is 2.05 bits per heavy atom. The Bertz CT molecular complexity index is 285. The molecule has 1 heterocycles. The van der Waals surface area contributed by atoms with Crippen molar-refractivity contribution in [3.63, 3.8) is 0 Å². The lowest BCUT2D eigenvalue weighted by Crippen LogP contribution is -2.38. The Morgan fingerprint density at radius 3 is 2.58 bits per heavy atom. The minimum absolute atomic E-state index is 0. The Balaban J connectivity index is 0.00000162. The van der Waals surface area contributed by atoms with E-state index in [0.717, 1.165) is 25.4 Å². The molecule has 3 unspecified atom stereocenters. The highest BCUT2D eigenvalue weighted by atomic mass is 35.5. The third kappa shape index (κ3) is 5.86. The van der Waals surface area contributed by atoms with Crippen molar-refractivity contribution in [1.29, 1.82) is 0 Å². The maximum atomic E-state index is 11.7. The van der Waals surface area contributed by atoms with Crippen LogP contribution in [-0.2, 0) is 4.79 Å². The van der Waals surface area contributed by atoms with Gasteiger partial charge in [0.15, 0.2) is 0 Å². The number of nitrogens with one attached hydrogen (secondary N) is 1. The Morgan fingerprint density at radius 1 is 1.42 bits per heavy atom. The molecule has 0 radical (unpaired) electrons. The zero-order valence-electron chi connectivity index (χ0n) is 11.8.